The van der Waals surface area contributed by atoms with Crippen LogP contribution in [0.3, 0.4) is 0 Å². The van der Waals surface area contributed by atoms with Crippen LogP contribution in [0.5, 0.6) is 0 Å². The Balaban J connectivity index is 2.06. The fourth-order valence-corrected chi connectivity index (χ4v) is 4.33. The van der Waals surface area contributed by atoms with E-state index < -0.39 is 34.6 Å². The van der Waals surface area contributed by atoms with Gasteiger partial charge in [0.05, 0.1) is 22.9 Å². The fourth-order valence-electron chi connectivity index (χ4n) is 4.33. The maximum Gasteiger partial charge on any atom is 0.417 e. The van der Waals surface area contributed by atoms with Crippen molar-refractivity contribution in [3.8, 4) is 11.1 Å². The van der Waals surface area contributed by atoms with Crippen molar-refractivity contribution in [2.24, 2.45) is 4.99 Å². The molecule has 0 aromatic heterocycles. The SMILES string of the molecule is Cc1ccc2c(c1)-c1c(C(F)(F)F)ccc(C(F)(F)F)c1C2=NC1CCCCC1. The smallest absolute Gasteiger partial charge is 0.281 e. The van der Waals surface area contributed by atoms with Gasteiger partial charge in [0, 0.05) is 16.7 Å². The number of alkyl halides is 6. The van der Waals surface area contributed by atoms with Gasteiger partial charge >= 0.3 is 12.4 Å². The summed E-state index contributed by atoms with van der Waals surface area (Å²) < 4.78 is 82.6. The van der Waals surface area contributed by atoms with Crippen LogP contribution in [0, 0.1) is 6.92 Å². The van der Waals surface area contributed by atoms with Crippen molar-refractivity contribution >= 4 is 5.71 Å². The first-order chi connectivity index (χ1) is 13.6. The molecule has 1 saturated carbocycles. The Hall–Kier alpha value is -2.31. The second-order valence-corrected chi connectivity index (χ2v) is 7.72. The number of aryl methyl sites for hydroxylation is 1. The number of rotatable bonds is 1. The molecular weight excluding hydrogens is 392 g/mol. The van der Waals surface area contributed by atoms with Gasteiger partial charge < -0.3 is 0 Å². The molecule has 29 heavy (non-hydrogen) atoms. The third-order valence-corrected chi connectivity index (χ3v) is 5.64. The molecule has 0 amide bonds. The summed E-state index contributed by atoms with van der Waals surface area (Å²) in [7, 11) is 0. The van der Waals surface area contributed by atoms with Crippen molar-refractivity contribution in [3.63, 3.8) is 0 Å². The minimum Gasteiger partial charge on any atom is -0.281 e. The van der Waals surface area contributed by atoms with Crippen LogP contribution < -0.4 is 0 Å². The Bertz CT molecular complexity index is 978. The van der Waals surface area contributed by atoms with E-state index >= 15 is 0 Å². The maximum absolute atomic E-state index is 13.8. The third kappa shape index (κ3) is 3.55. The number of nitrogens with zero attached hydrogens (tertiary/aromatic N) is 1. The summed E-state index contributed by atoms with van der Waals surface area (Å²) in [6.07, 6.45) is -5.19. The highest BCUT2D eigenvalue weighted by Crippen LogP contribution is 2.49. The minimum absolute atomic E-state index is 0.0420. The van der Waals surface area contributed by atoms with Crippen LogP contribution in [-0.4, -0.2) is 11.8 Å². The van der Waals surface area contributed by atoms with E-state index in [0.717, 1.165) is 32.1 Å². The molecular formula is C22H19F6N. The molecule has 0 spiro atoms. The normalized spacial score (nSPS) is 18.8. The van der Waals surface area contributed by atoms with Gasteiger partial charge in [0.25, 0.3) is 0 Å². The van der Waals surface area contributed by atoms with Gasteiger partial charge in [0.1, 0.15) is 0 Å². The Labute approximate surface area is 164 Å². The van der Waals surface area contributed by atoms with Gasteiger partial charge in [-0.15, -0.1) is 0 Å². The van der Waals surface area contributed by atoms with Gasteiger partial charge in [-0.05, 0) is 37.5 Å². The molecule has 1 nitrogen and oxygen atoms in total. The van der Waals surface area contributed by atoms with Gasteiger partial charge in [0.2, 0.25) is 0 Å². The lowest BCUT2D eigenvalue weighted by Crippen LogP contribution is -2.18. The molecule has 1 fully saturated rings. The molecule has 154 valence electrons. The van der Waals surface area contributed by atoms with Crippen LogP contribution in [0.2, 0.25) is 0 Å². The second-order valence-electron chi connectivity index (χ2n) is 7.72. The highest BCUT2D eigenvalue weighted by Gasteiger charge is 2.45. The molecule has 0 bridgehead atoms. The third-order valence-electron chi connectivity index (χ3n) is 5.64. The molecule has 2 aromatic rings. The lowest BCUT2D eigenvalue weighted by Gasteiger charge is -2.20. The molecule has 0 saturated heterocycles. The van der Waals surface area contributed by atoms with E-state index in [1.54, 1.807) is 19.1 Å². The average Bonchev–Trinajstić information content (AvgIpc) is 2.94. The quantitative estimate of drug-likeness (QED) is 0.376. The number of aliphatic imine (C=N–C) groups is 1. The number of hydrogen-bond acceptors (Lipinski definition) is 1. The zero-order chi connectivity index (χ0) is 21.0. The first-order valence-corrected chi connectivity index (χ1v) is 9.58. The summed E-state index contributed by atoms with van der Waals surface area (Å²) in [6.45, 7) is 1.71. The largest absolute Gasteiger partial charge is 0.417 e. The number of halogens is 6. The van der Waals surface area contributed by atoms with Crippen LogP contribution in [0.25, 0.3) is 11.1 Å². The Morgan fingerprint density at radius 1 is 0.759 bits per heavy atom. The number of hydrogen-bond donors (Lipinski definition) is 0. The van der Waals surface area contributed by atoms with Crippen LogP contribution in [0.4, 0.5) is 26.3 Å². The number of benzene rings is 2. The zero-order valence-electron chi connectivity index (χ0n) is 15.7. The summed E-state index contributed by atoms with van der Waals surface area (Å²) in [4.78, 5) is 4.59. The molecule has 0 heterocycles. The van der Waals surface area contributed by atoms with Crippen molar-refractivity contribution in [3.05, 3.63) is 58.1 Å². The first kappa shape index (κ1) is 20.0. The van der Waals surface area contributed by atoms with Gasteiger partial charge in [0.15, 0.2) is 0 Å². The molecule has 4 rings (SSSR count). The van der Waals surface area contributed by atoms with E-state index in [9.17, 15) is 26.3 Å². The topological polar surface area (TPSA) is 12.4 Å². The second kappa shape index (κ2) is 6.89. The van der Waals surface area contributed by atoms with Crippen LogP contribution in [-0.2, 0) is 12.4 Å². The van der Waals surface area contributed by atoms with Crippen molar-refractivity contribution in [2.75, 3.05) is 0 Å². The van der Waals surface area contributed by atoms with Gasteiger partial charge in [-0.1, -0.05) is 43.0 Å². The van der Waals surface area contributed by atoms with Crippen molar-refractivity contribution in [2.45, 2.75) is 57.4 Å². The van der Waals surface area contributed by atoms with Gasteiger partial charge in [-0.2, -0.15) is 26.3 Å². The van der Waals surface area contributed by atoms with E-state index in [-0.39, 0.29) is 17.3 Å². The molecule has 2 aliphatic rings. The molecule has 2 aromatic carbocycles. The monoisotopic (exact) mass is 411 g/mol. The van der Waals surface area contributed by atoms with Crippen molar-refractivity contribution in [1.29, 1.82) is 0 Å². The van der Waals surface area contributed by atoms with Crippen molar-refractivity contribution in [1.82, 2.24) is 0 Å². The molecule has 7 heteroatoms. The van der Waals surface area contributed by atoms with E-state index in [1.807, 2.05) is 0 Å². The summed E-state index contributed by atoms with van der Waals surface area (Å²) in [6, 6.07) is 5.71. The molecule has 2 aliphatic carbocycles. The van der Waals surface area contributed by atoms with Crippen LogP contribution in [0.15, 0.2) is 35.3 Å². The van der Waals surface area contributed by atoms with Crippen LogP contribution >= 0.6 is 0 Å². The standard InChI is InChI=1S/C22H19F6N/c1-12-7-8-14-15(11-12)18-16(21(23,24)25)9-10-17(22(26,27)28)19(18)20(14)29-13-5-3-2-4-6-13/h7-11,13H,2-6H2,1H3. The van der Waals surface area contributed by atoms with E-state index in [4.69, 9.17) is 0 Å². The molecule has 0 radical (unpaired) electrons. The number of fused-ring (bicyclic) bond motifs is 3. The predicted octanol–water partition coefficient (Wildman–Crippen LogP) is 7.18. The maximum atomic E-state index is 13.8. The van der Waals surface area contributed by atoms with Gasteiger partial charge in [-0.25, -0.2) is 0 Å². The first-order valence-electron chi connectivity index (χ1n) is 9.58. The summed E-state index contributed by atoms with van der Waals surface area (Å²) >= 11 is 0. The Kier molecular flexibility index (Phi) is 4.74. The summed E-state index contributed by atoms with van der Waals surface area (Å²) in [5, 5.41) is 0. The predicted molar refractivity (Wildman–Crippen MR) is 99.1 cm³/mol. The Morgan fingerprint density at radius 3 is 1.93 bits per heavy atom. The highest BCUT2D eigenvalue weighted by molar-refractivity contribution is 6.26. The molecule has 0 unspecified atom stereocenters. The molecule has 0 N–H and O–H groups in total. The van der Waals surface area contributed by atoms with E-state index in [1.165, 1.54) is 6.07 Å². The summed E-state index contributed by atoms with van der Waals surface area (Å²) in [5.41, 5.74) is -1.71. The van der Waals surface area contributed by atoms with E-state index in [0.29, 0.717) is 23.3 Å². The average molecular weight is 411 g/mol. The zero-order valence-corrected chi connectivity index (χ0v) is 15.7. The highest BCUT2D eigenvalue weighted by atomic mass is 19.4. The fraction of sp³-hybridized carbons (Fsp3) is 0.409. The lowest BCUT2D eigenvalue weighted by atomic mass is 9.93. The minimum atomic E-state index is -4.78. The lowest BCUT2D eigenvalue weighted by molar-refractivity contribution is -0.141. The molecule has 0 aliphatic heterocycles. The van der Waals surface area contributed by atoms with Crippen LogP contribution in [0.1, 0.15) is 59.9 Å². The van der Waals surface area contributed by atoms with Crippen molar-refractivity contribution < 1.29 is 26.3 Å². The van der Waals surface area contributed by atoms with Gasteiger partial charge in [-0.3, -0.25) is 4.99 Å². The summed E-state index contributed by atoms with van der Waals surface area (Å²) in [5.74, 6) is 0. The molecule has 0 atom stereocenters. The van der Waals surface area contributed by atoms with E-state index in [2.05, 4.69) is 4.99 Å². The Morgan fingerprint density at radius 2 is 1.34 bits per heavy atom.